The van der Waals surface area contributed by atoms with Crippen molar-refractivity contribution in [1.29, 1.82) is 0 Å². The molecule has 1 rings (SSSR count). The van der Waals surface area contributed by atoms with Gasteiger partial charge in [-0.2, -0.15) is 0 Å². The van der Waals surface area contributed by atoms with Crippen molar-refractivity contribution in [3.05, 3.63) is 34.9 Å². The van der Waals surface area contributed by atoms with Crippen LogP contribution in [0.3, 0.4) is 0 Å². The zero-order chi connectivity index (χ0) is 11.6. The summed E-state index contributed by atoms with van der Waals surface area (Å²) in [6.07, 6.45) is 0. The van der Waals surface area contributed by atoms with Gasteiger partial charge in [0.15, 0.2) is 0 Å². The monoisotopic (exact) mass is 338 g/mol. The molecule has 2 nitrogen and oxygen atoms in total. The summed E-state index contributed by atoms with van der Waals surface area (Å²) in [4.78, 5) is 11.3. The zero-order valence-electron chi connectivity index (χ0n) is 8.18. The smallest absolute Gasteiger partial charge is 0.338 e. The third kappa shape index (κ3) is 3.01. The van der Waals surface area contributed by atoms with Gasteiger partial charge in [-0.15, -0.1) is 0 Å². The van der Waals surface area contributed by atoms with E-state index in [1.54, 1.807) is 13.0 Å². The fraction of sp³-hybridized carbons (Fsp3) is 0.300. The van der Waals surface area contributed by atoms with Gasteiger partial charge >= 0.3 is 5.97 Å². The van der Waals surface area contributed by atoms with Crippen molar-refractivity contribution in [2.75, 3.05) is 7.11 Å². The maximum atomic E-state index is 13.4. The highest BCUT2D eigenvalue weighted by atomic mass is 79.9. The summed E-state index contributed by atoms with van der Waals surface area (Å²) in [6, 6.07) is 4.63. The van der Waals surface area contributed by atoms with E-state index < -0.39 is 9.46 Å². The lowest BCUT2D eigenvalue weighted by Crippen LogP contribution is -2.06. The minimum absolute atomic E-state index is 0.396. The van der Waals surface area contributed by atoms with E-state index >= 15 is 0 Å². The van der Waals surface area contributed by atoms with Crippen LogP contribution < -0.4 is 0 Å². The molecule has 0 radical (unpaired) electrons. The normalized spacial score (nSPS) is 11.3. The average Bonchev–Trinajstić information content (AvgIpc) is 2.15. The molecule has 0 aromatic heterocycles. The number of methoxy groups -OCH3 is 1. The van der Waals surface area contributed by atoms with Crippen LogP contribution in [-0.2, 0) is 8.22 Å². The topological polar surface area (TPSA) is 26.3 Å². The molecular weight excluding hydrogens is 331 g/mol. The molecule has 0 atom stereocenters. The van der Waals surface area contributed by atoms with Gasteiger partial charge in [-0.3, -0.25) is 0 Å². The van der Waals surface area contributed by atoms with E-state index in [2.05, 4.69) is 36.6 Å². The number of carbonyl (C=O) groups is 1. The van der Waals surface area contributed by atoms with Gasteiger partial charge in [0, 0.05) is 5.56 Å². The Morgan fingerprint density at radius 1 is 1.47 bits per heavy atom. The van der Waals surface area contributed by atoms with E-state index in [1.165, 1.54) is 19.2 Å². The molecule has 1 aromatic rings. The van der Waals surface area contributed by atoms with Gasteiger partial charge in [-0.1, -0.05) is 12.1 Å². The lowest BCUT2D eigenvalue weighted by Gasteiger charge is -2.12. The number of halogens is 3. The molecule has 0 spiro atoms. The molecule has 15 heavy (non-hydrogen) atoms. The standard InChI is InChI=1S/C10H9Br2FO2/c1-6-5-7(10(11,12)13)3-4-8(6)9(14)15-2/h3-5H,1-2H3. The van der Waals surface area contributed by atoms with Crippen LogP contribution in [0.4, 0.5) is 4.39 Å². The summed E-state index contributed by atoms with van der Waals surface area (Å²) < 4.78 is 16.3. The molecule has 0 bridgehead atoms. The van der Waals surface area contributed by atoms with Gasteiger partial charge in [-0.05, 0) is 50.4 Å². The molecule has 0 saturated heterocycles. The molecule has 0 unspecified atom stereocenters. The summed E-state index contributed by atoms with van der Waals surface area (Å²) >= 11 is 5.67. The summed E-state index contributed by atoms with van der Waals surface area (Å²) in [5.74, 6) is -0.423. The van der Waals surface area contributed by atoms with E-state index in [1.807, 2.05) is 0 Å². The fourth-order valence-corrected chi connectivity index (χ4v) is 1.67. The number of alkyl halides is 3. The van der Waals surface area contributed by atoms with Crippen LogP contribution >= 0.6 is 31.9 Å². The van der Waals surface area contributed by atoms with Crippen molar-refractivity contribution < 1.29 is 13.9 Å². The first-order valence-electron chi connectivity index (χ1n) is 4.12. The quantitative estimate of drug-likeness (QED) is 0.607. The minimum atomic E-state index is -1.76. The molecular formula is C10H9Br2FO2. The Balaban J connectivity index is 3.15. The number of aryl methyl sites for hydroxylation is 1. The highest BCUT2D eigenvalue weighted by Crippen LogP contribution is 2.39. The number of hydrogen-bond donors (Lipinski definition) is 0. The molecule has 0 N–H and O–H groups in total. The highest BCUT2D eigenvalue weighted by molar-refractivity contribution is 9.24. The Kier molecular flexibility index (Phi) is 3.89. The van der Waals surface area contributed by atoms with Crippen molar-refractivity contribution >= 4 is 37.8 Å². The first kappa shape index (κ1) is 12.6. The van der Waals surface area contributed by atoms with Crippen molar-refractivity contribution in [1.82, 2.24) is 0 Å². The molecule has 0 heterocycles. The minimum Gasteiger partial charge on any atom is -0.465 e. The maximum Gasteiger partial charge on any atom is 0.338 e. The Morgan fingerprint density at radius 2 is 2.07 bits per heavy atom. The van der Waals surface area contributed by atoms with Crippen molar-refractivity contribution in [2.24, 2.45) is 0 Å². The fourth-order valence-electron chi connectivity index (χ4n) is 1.18. The summed E-state index contributed by atoms with van der Waals surface area (Å²) in [5.41, 5.74) is 1.50. The van der Waals surface area contributed by atoms with E-state index in [-0.39, 0.29) is 0 Å². The second-order valence-electron chi connectivity index (χ2n) is 3.02. The predicted octanol–water partition coefficient (Wildman–Crippen LogP) is 3.65. The van der Waals surface area contributed by atoms with Gasteiger partial charge in [0.25, 0.3) is 0 Å². The molecule has 0 amide bonds. The maximum absolute atomic E-state index is 13.4. The summed E-state index contributed by atoms with van der Waals surface area (Å²) in [7, 11) is 1.31. The van der Waals surface area contributed by atoms with Gasteiger partial charge < -0.3 is 4.74 Å². The largest absolute Gasteiger partial charge is 0.465 e. The molecule has 5 heteroatoms. The first-order valence-corrected chi connectivity index (χ1v) is 5.71. The molecule has 0 aliphatic rings. The summed E-state index contributed by atoms with van der Waals surface area (Å²) in [5, 5.41) is 0. The van der Waals surface area contributed by atoms with Crippen LogP contribution in [0, 0.1) is 6.92 Å². The zero-order valence-corrected chi connectivity index (χ0v) is 11.4. The highest BCUT2D eigenvalue weighted by Gasteiger charge is 2.24. The molecule has 0 aliphatic heterocycles. The number of ether oxygens (including phenoxy) is 1. The average molecular weight is 340 g/mol. The van der Waals surface area contributed by atoms with Crippen molar-refractivity contribution in [3.63, 3.8) is 0 Å². The van der Waals surface area contributed by atoms with Gasteiger partial charge in [0.05, 0.1) is 12.7 Å². The molecule has 0 fully saturated rings. The number of carbonyl (C=O) groups excluding carboxylic acids is 1. The van der Waals surface area contributed by atoms with Crippen molar-refractivity contribution in [3.8, 4) is 0 Å². The summed E-state index contributed by atoms with van der Waals surface area (Å²) in [6.45, 7) is 1.72. The molecule has 0 saturated carbocycles. The van der Waals surface area contributed by atoms with E-state index in [0.29, 0.717) is 16.7 Å². The second kappa shape index (κ2) is 4.61. The number of rotatable bonds is 2. The number of hydrogen-bond acceptors (Lipinski definition) is 2. The third-order valence-corrected chi connectivity index (χ3v) is 2.87. The lowest BCUT2D eigenvalue weighted by molar-refractivity contribution is 0.0600. The molecule has 82 valence electrons. The van der Waals surface area contributed by atoms with Crippen LogP contribution in [0.15, 0.2) is 18.2 Å². The van der Waals surface area contributed by atoms with Crippen LogP contribution in [0.2, 0.25) is 0 Å². The SMILES string of the molecule is COC(=O)c1ccc(C(F)(Br)Br)cc1C. The van der Waals surface area contributed by atoms with Gasteiger partial charge in [-0.25, -0.2) is 9.18 Å². The Hall–Kier alpha value is -0.420. The third-order valence-electron chi connectivity index (χ3n) is 1.96. The molecule has 0 aliphatic carbocycles. The first-order chi connectivity index (χ1) is 6.86. The van der Waals surface area contributed by atoms with Gasteiger partial charge in [0.2, 0.25) is 3.49 Å². The Bertz CT molecular complexity index is 385. The predicted molar refractivity (Wildman–Crippen MR) is 63.2 cm³/mol. The Morgan fingerprint density at radius 3 is 2.47 bits per heavy atom. The molecule has 1 aromatic carbocycles. The van der Waals surface area contributed by atoms with E-state index in [9.17, 15) is 9.18 Å². The second-order valence-corrected chi connectivity index (χ2v) is 6.27. The van der Waals surface area contributed by atoms with Crippen LogP contribution in [0.25, 0.3) is 0 Å². The van der Waals surface area contributed by atoms with Crippen LogP contribution in [-0.4, -0.2) is 13.1 Å². The van der Waals surface area contributed by atoms with E-state index in [4.69, 9.17) is 0 Å². The number of benzene rings is 1. The van der Waals surface area contributed by atoms with Crippen molar-refractivity contribution in [2.45, 2.75) is 10.4 Å². The van der Waals surface area contributed by atoms with E-state index in [0.717, 1.165) is 0 Å². The van der Waals surface area contributed by atoms with Crippen LogP contribution in [0.1, 0.15) is 21.5 Å². The lowest BCUT2D eigenvalue weighted by atomic mass is 10.1. The van der Waals surface area contributed by atoms with Crippen LogP contribution in [0.5, 0.6) is 0 Å². The van der Waals surface area contributed by atoms with Gasteiger partial charge in [0.1, 0.15) is 0 Å². The Labute approximate surface area is 104 Å². The number of esters is 1.